The van der Waals surface area contributed by atoms with Crippen LogP contribution in [0, 0.1) is 0 Å². The Hall–Kier alpha value is -4.04. The van der Waals surface area contributed by atoms with Crippen LogP contribution in [0.1, 0.15) is 21.5 Å². The van der Waals surface area contributed by atoms with Crippen molar-refractivity contribution in [3.05, 3.63) is 94.4 Å². The number of nitrogens with zero attached hydrogens (tertiary/aromatic N) is 2. The third kappa shape index (κ3) is 5.73. The molecule has 0 spiro atoms. The summed E-state index contributed by atoms with van der Waals surface area (Å²) in [5.74, 6) is 0.643. The molecule has 0 bridgehead atoms. The van der Waals surface area contributed by atoms with E-state index in [1.807, 2.05) is 48.5 Å². The lowest BCUT2D eigenvalue weighted by molar-refractivity contribution is -0.121. The monoisotopic (exact) mass is 488 g/mol. The van der Waals surface area contributed by atoms with Gasteiger partial charge in [0.15, 0.2) is 16.7 Å². The smallest absolute Gasteiger partial charge is 0.337 e. The molecule has 4 rings (SSSR count). The van der Waals surface area contributed by atoms with Crippen molar-refractivity contribution in [1.29, 1.82) is 0 Å². The van der Waals surface area contributed by atoms with Gasteiger partial charge in [-0.3, -0.25) is 9.69 Å². The number of amidine groups is 1. The summed E-state index contributed by atoms with van der Waals surface area (Å²) >= 11 is 1.28. The molecule has 3 aromatic rings. The number of likely N-dealkylation sites (N-methyl/N-ethyl adjacent to an activating group) is 1. The van der Waals surface area contributed by atoms with Gasteiger partial charge in [0.25, 0.3) is 5.91 Å². The quantitative estimate of drug-likeness (QED) is 0.332. The van der Waals surface area contributed by atoms with Gasteiger partial charge in [-0.1, -0.05) is 36.4 Å². The van der Waals surface area contributed by atoms with Crippen molar-refractivity contribution in [1.82, 2.24) is 4.90 Å². The number of carbonyl (C=O) groups is 2. The summed E-state index contributed by atoms with van der Waals surface area (Å²) in [6.45, 7) is 0.428. The lowest BCUT2D eigenvalue weighted by atomic mass is 10.2. The predicted octanol–water partition coefficient (Wildman–Crippen LogP) is 5.29. The Morgan fingerprint density at radius 2 is 1.74 bits per heavy atom. The molecule has 0 aliphatic carbocycles. The van der Waals surface area contributed by atoms with Gasteiger partial charge in [0.05, 0.1) is 30.4 Å². The minimum absolute atomic E-state index is 0.150. The molecule has 0 unspecified atom stereocenters. The largest absolute Gasteiger partial charge is 0.493 e. The van der Waals surface area contributed by atoms with Gasteiger partial charge < -0.3 is 14.2 Å². The molecule has 178 valence electrons. The van der Waals surface area contributed by atoms with Crippen LogP contribution in [0.3, 0.4) is 0 Å². The molecule has 1 fully saturated rings. The lowest BCUT2D eigenvalue weighted by Crippen LogP contribution is -2.23. The van der Waals surface area contributed by atoms with Crippen LogP contribution in [-0.4, -0.2) is 43.2 Å². The van der Waals surface area contributed by atoms with Crippen LogP contribution >= 0.6 is 11.8 Å². The Bertz CT molecular complexity index is 1290. The van der Waals surface area contributed by atoms with Crippen molar-refractivity contribution in [2.75, 3.05) is 21.3 Å². The molecule has 0 saturated carbocycles. The molecule has 8 heteroatoms. The highest BCUT2D eigenvalue weighted by Gasteiger charge is 2.30. The van der Waals surface area contributed by atoms with E-state index in [1.54, 1.807) is 44.5 Å². The second kappa shape index (κ2) is 10.9. The Labute approximate surface area is 208 Å². The van der Waals surface area contributed by atoms with Crippen LogP contribution in [0.15, 0.2) is 82.7 Å². The number of hydrogen-bond acceptors (Lipinski definition) is 7. The number of rotatable bonds is 7. The molecule has 35 heavy (non-hydrogen) atoms. The number of ether oxygens (including phenoxy) is 3. The van der Waals surface area contributed by atoms with Crippen molar-refractivity contribution in [3.63, 3.8) is 0 Å². The van der Waals surface area contributed by atoms with Crippen LogP contribution in [0.25, 0.3) is 6.08 Å². The highest BCUT2D eigenvalue weighted by molar-refractivity contribution is 8.18. The first-order valence-electron chi connectivity index (χ1n) is 10.8. The standard InChI is InChI=1S/C27H24N2O5S/c1-29-25(30)24(35-27(29)28-21-12-10-20(11-13-21)26(31)33-3)16-19-9-14-22(23(15-19)32-2)34-17-18-7-5-4-6-8-18/h4-16H,17H2,1-3H3/b24-16-,28-27?. The SMILES string of the molecule is COC(=O)c1ccc(N=C2S/C(=C\c3ccc(OCc4ccccc4)c(OC)c3)C(=O)N2C)cc1. The van der Waals surface area contributed by atoms with Crippen LogP contribution in [-0.2, 0) is 16.1 Å². The minimum Gasteiger partial charge on any atom is -0.493 e. The van der Waals surface area contributed by atoms with E-state index in [0.717, 1.165) is 11.1 Å². The van der Waals surface area contributed by atoms with E-state index in [1.165, 1.54) is 23.8 Å². The molecule has 0 aromatic heterocycles. The van der Waals surface area contributed by atoms with E-state index in [9.17, 15) is 9.59 Å². The maximum absolute atomic E-state index is 12.8. The van der Waals surface area contributed by atoms with E-state index >= 15 is 0 Å². The highest BCUT2D eigenvalue weighted by atomic mass is 32.2. The van der Waals surface area contributed by atoms with E-state index in [2.05, 4.69) is 4.99 Å². The maximum atomic E-state index is 12.8. The first kappa shape index (κ1) is 24.1. The van der Waals surface area contributed by atoms with Gasteiger partial charge in [0, 0.05) is 7.05 Å². The third-order valence-corrected chi connectivity index (χ3v) is 6.30. The van der Waals surface area contributed by atoms with Gasteiger partial charge in [0.1, 0.15) is 6.61 Å². The van der Waals surface area contributed by atoms with E-state index in [0.29, 0.717) is 39.4 Å². The highest BCUT2D eigenvalue weighted by Crippen LogP contribution is 2.35. The number of carbonyl (C=O) groups excluding carboxylic acids is 2. The zero-order chi connectivity index (χ0) is 24.8. The topological polar surface area (TPSA) is 77.4 Å². The molecule has 1 saturated heterocycles. The van der Waals surface area contributed by atoms with Crippen LogP contribution in [0.2, 0.25) is 0 Å². The zero-order valence-corrected chi connectivity index (χ0v) is 20.4. The molecule has 0 N–H and O–H groups in total. The maximum Gasteiger partial charge on any atom is 0.337 e. The molecule has 1 aliphatic heterocycles. The number of hydrogen-bond donors (Lipinski definition) is 0. The van der Waals surface area contributed by atoms with Crippen molar-refractivity contribution in [2.24, 2.45) is 4.99 Å². The second-order valence-corrected chi connectivity index (χ2v) is 8.60. The molecule has 1 amide bonds. The van der Waals surface area contributed by atoms with Gasteiger partial charge in [-0.25, -0.2) is 9.79 Å². The average Bonchev–Trinajstić information content (AvgIpc) is 3.15. The van der Waals surface area contributed by atoms with Crippen LogP contribution < -0.4 is 9.47 Å². The third-order valence-electron chi connectivity index (χ3n) is 5.24. The minimum atomic E-state index is -0.413. The fraction of sp³-hybridized carbons (Fsp3) is 0.148. The number of aliphatic imine (C=N–C) groups is 1. The second-order valence-electron chi connectivity index (χ2n) is 7.59. The molecule has 0 atom stereocenters. The summed E-state index contributed by atoms with van der Waals surface area (Å²) in [4.78, 5) is 31.0. The van der Waals surface area contributed by atoms with Crippen molar-refractivity contribution in [3.8, 4) is 11.5 Å². The van der Waals surface area contributed by atoms with Crippen molar-refractivity contribution < 1.29 is 23.8 Å². The molecule has 0 radical (unpaired) electrons. The number of methoxy groups -OCH3 is 2. The predicted molar refractivity (Wildman–Crippen MR) is 137 cm³/mol. The Morgan fingerprint density at radius 1 is 1.00 bits per heavy atom. The molecule has 1 heterocycles. The van der Waals surface area contributed by atoms with Crippen LogP contribution in [0.5, 0.6) is 11.5 Å². The lowest BCUT2D eigenvalue weighted by Gasteiger charge is -2.11. The average molecular weight is 489 g/mol. The number of benzene rings is 3. The fourth-order valence-corrected chi connectivity index (χ4v) is 4.32. The molecule has 3 aromatic carbocycles. The van der Waals surface area contributed by atoms with Crippen molar-refractivity contribution in [2.45, 2.75) is 6.61 Å². The summed E-state index contributed by atoms with van der Waals surface area (Å²) in [5.41, 5.74) is 2.93. The van der Waals surface area contributed by atoms with E-state index < -0.39 is 5.97 Å². The summed E-state index contributed by atoms with van der Waals surface area (Å²) in [7, 11) is 4.60. The Kier molecular flexibility index (Phi) is 7.52. The normalized spacial score (nSPS) is 15.5. The first-order chi connectivity index (χ1) is 17.0. The van der Waals surface area contributed by atoms with E-state index in [4.69, 9.17) is 14.2 Å². The van der Waals surface area contributed by atoms with Gasteiger partial charge in [0.2, 0.25) is 0 Å². The fourth-order valence-electron chi connectivity index (χ4n) is 3.33. The summed E-state index contributed by atoms with van der Waals surface area (Å²) in [6, 6.07) is 22.1. The Morgan fingerprint density at radius 3 is 2.43 bits per heavy atom. The van der Waals surface area contributed by atoms with Crippen molar-refractivity contribution >= 4 is 40.6 Å². The van der Waals surface area contributed by atoms with Gasteiger partial charge in [-0.05, 0) is 65.4 Å². The summed E-state index contributed by atoms with van der Waals surface area (Å²) < 4.78 is 16.1. The van der Waals surface area contributed by atoms with Gasteiger partial charge in [-0.2, -0.15) is 0 Å². The Balaban J connectivity index is 1.50. The molecule has 7 nitrogen and oxygen atoms in total. The number of amides is 1. The van der Waals surface area contributed by atoms with Gasteiger partial charge in [-0.15, -0.1) is 0 Å². The zero-order valence-electron chi connectivity index (χ0n) is 19.6. The summed E-state index contributed by atoms with van der Waals surface area (Å²) in [6.07, 6.45) is 1.80. The number of thioether (sulfide) groups is 1. The van der Waals surface area contributed by atoms with Gasteiger partial charge >= 0.3 is 5.97 Å². The molecular weight excluding hydrogens is 464 g/mol. The first-order valence-corrected chi connectivity index (χ1v) is 11.6. The number of esters is 1. The molecular formula is C27H24N2O5S. The van der Waals surface area contributed by atoms with Crippen LogP contribution in [0.4, 0.5) is 5.69 Å². The van der Waals surface area contributed by atoms with E-state index in [-0.39, 0.29) is 5.91 Å². The summed E-state index contributed by atoms with van der Waals surface area (Å²) in [5, 5.41) is 0.543. The molecule has 1 aliphatic rings.